The van der Waals surface area contributed by atoms with E-state index in [4.69, 9.17) is 9.47 Å². The van der Waals surface area contributed by atoms with E-state index < -0.39 is 11.9 Å². The third-order valence-corrected chi connectivity index (χ3v) is 15.2. The molecule has 8 nitrogen and oxygen atoms in total. The van der Waals surface area contributed by atoms with Gasteiger partial charge in [-0.15, -0.1) is 0 Å². The Morgan fingerprint density at radius 1 is 0.253 bits per heavy atom. The zero-order valence-corrected chi connectivity index (χ0v) is 53.7. The number of hydrogen-bond acceptors (Lipinski definition) is 8. The van der Waals surface area contributed by atoms with E-state index in [0.29, 0.717) is 25.7 Å². The molecule has 440 valence electrons. The van der Waals surface area contributed by atoms with Crippen LogP contribution in [0, 0.1) is 0 Å². The van der Waals surface area contributed by atoms with Crippen molar-refractivity contribution in [2.75, 3.05) is 0 Å². The third-order valence-electron chi connectivity index (χ3n) is 15.2. The average Bonchev–Trinajstić information content (AvgIpc) is 3.38. The molecule has 9 heteroatoms. The molecule has 0 heterocycles. The van der Waals surface area contributed by atoms with Gasteiger partial charge in [0.2, 0.25) is 0 Å². The first-order chi connectivity index (χ1) is 36.2. The number of hydrogen-bond donors (Lipinski definition) is 0. The van der Waals surface area contributed by atoms with E-state index in [0.717, 1.165) is 64.2 Å². The number of carbonyl (C=O) groups excluding carboxylic acids is 4. The van der Waals surface area contributed by atoms with E-state index in [1.54, 1.807) is 0 Å². The summed E-state index contributed by atoms with van der Waals surface area (Å²) in [5, 5.41) is 21.8. The summed E-state index contributed by atoms with van der Waals surface area (Å²) in [5.41, 5.74) is 0. The van der Waals surface area contributed by atoms with E-state index in [1.807, 2.05) is 0 Å². The smallest absolute Gasteiger partial charge is 0.550 e. The Balaban J connectivity index is -0.00000136. The van der Waals surface area contributed by atoms with Gasteiger partial charge in [0.25, 0.3) is 0 Å². The molecule has 0 saturated heterocycles. The molecule has 0 rings (SSSR count). The van der Waals surface area contributed by atoms with Gasteiger partial charge in [-0.05, 0) is 64.2 Å². The van der Waals surface area contributed by atoms with Crippen LogP contribution in [0.25, 0.3) is 0 Å². The first-order valence-corrected chi connectivity index (χ1v) is 33.0. The second kappa shape index (κ2) is 66.8. The van der Waals surface area contributed by atoms with Crippen LogP contribution in [-0.2, 0) is 48.1 Å². The quantitative estimate of drug-likeness (QED) is 0.0334. The molecule has 0 N–H and O–H groups in total. The van der Waals surface area contributed by atoms with Crippen LogP contribution in [0.15, 0.2) is 0 Å². The topological polar surface area (TPSA) is 133 Å². The largest absolute Gasteiger partial charge is 2.00 e. The number of carbonyl (C=O) groups is 4. The van der Waals surface area contributed by atoms with Crippen LogP contribution in [0.2, 0.25) is 0 Å². The molecular formula is C66H126O8Zn. The van der Waals surface area contributed by atoms with Crippen molar-refractivity contribution in [3.8, 4) is 0 Å². The van der Waals surface area contributed by atoms with Gasteiger partial charge >= 0.3 is 31.4 Å². The Labute approximate surface area is 479 Å². The third kappa shape index (κ3) is 68.6. The van der Waals surface area contributed by atoms with Gasteiger partial charge < -0.3 is 29.3 Å². The molecule has 2 unspecified atom stereocenters. The summed E-state index contributed by atoms with van der Waals surface area (Å²) in [7, 11) is 0. The van der Waals surface area contributed by atoms with Crippen molar-refractivity contribution in [1.82, 2.24) is 0 Å². The molecule has 2 atom stereocenters. The van der Waals surface area contributed by atoms with Gasteiger partial charge in [-0.3, -0.25) is 9.59 Å². The predicted molar refractivity (Wildman–Crippen MR) is 311 cm³/mol. The molecule has 75 heavy (non-hydrogen) atoms. The number of esters is 2. The standard InChI is InChI=1S/2C33H64O4.Zn/c2*1-3-5-7-9-11-13-15-17-19-21-23-25-27-31(29-30-32(34)35)37-33(36)28-26-24-22-20-18-16-14-12-10-8-6-4-2;/h2*31H,3-30H2,1-2H3,(H,34,35);/q;;+2/p-2. The number of carboxylic acid groups (broad SMARTS) is 2. The first-order valence-electron chi connectivity index (χ1n) is 33.0. The minimum Gasteiger partial charge on any atom is -0.550 e. The van der Waals surface area contributed by atoms with Crippen molar-refractivity contribution >= 4 is 23.9 Å². The van der Waals surface area contributed by atoms with Crippen molar-refractivity contribution in [3.63, 3.8) is 0 Å². The molecule has 0 aliphatic rings. The van der Waals surface area contributed by atoms with Crippen LogP contribution in [0.3, 0.4) is 0 Å². The van der Waals surface area contributed by atoms with E-state index in [1.165, 1.54) is 257 Å². The molecule has 0 amide bonds. The van der Waals surface area contributed by atoms with E-state index in [2.05, 4.69) is 27.7 Å². The summed E-state index contributed by atoms with van der Waals surface area (Å²) in [5.74, 6) is -2.43. The molecule has 0 spiro atoms. The van der Waals surface area contributed by atoms with E-state index >= 15 is 0 Å². The predicted octanol–water partition coefficient (Wildman–Crippen LogP) is 19.2. The molecule has 0 aliphatic carbocycles. The Morgan fingerprint density at radius 3 is 0.613 bits per heavy atom. The van der Waals surface area contributed by atoms with Crippen LogP contribution in [-0.4, -0.2) is 36.1 Å². The Morgan fingerprint density at radius 2 is 0.427 bits per heavy atom. The van der Waals surface area contributed by atoms with Crippen LogP contribution >= 0.6 is 0 Å². The van der Waals surface area contributed by atoms with Gasteiger partial charge in [-0.25, -0.2) is 0 Å². The van der Waals surface area contributed by atoms with Gasteiger partial charge in [0.1, 0.15) is 12.2 Å². The van der Waals surface area contributed by atoms with Crippen molar-refractivity contribution in [2.24, 2.45) is 0 Å². The summed E-state index contributed by atoms with van der Waals surface area (Å²) in [6.45, 7) is 9.04. The van der Waals surface area contributed by atoms with Crippen LogP contribution in [0.1, 0.15) is 387 Å². The molecular weight excluding hydrogens is 986 g/mol. The maximum Gasteiger partial charge on any atom is 2.00 e. The maximum atomic E-state index is 12.3. The van der Waals surface area contributed by atoms with Gasteiger partial charge in [-0.1, -0.05) is 310 Å². The second-order valence-electron chi connectivity index (χ2n) is 22.7. The van der Waals surface area contributed by atoms with Crippen molar-refractivity contribution < 1.29 is 58.3 Å². The number of aliphatic carboxylic acids is 2. The molecule has 0 saturated carbocycles. The van der Waals surface area contributed by atoms with Crippen LogP contribution in [0.4, 0.5) is 0 Å². The normalized spacial score (nSPS) is 11.9. The molecule has 0 aromatic rings. The molecule has 0 bridgehead atoms. The Hall–Kier alpha value is -1.50. The molecule has 0 aromatic heterocycles. The minimum atomic E-state index is -1.06. The van der Waals surface area contributed by atoms with E-state index in [9.17, 15) is 29.4 Å². The zero-order chi connectivity index (χ0) is 54.5. The van der Waals surface area contributed by atoms with Crippen molar-refractivity contribution in [3.05, 3.63) is 0 Å². The van der Waals surface area contributed by atoms with E-state index in [-0.39, 0.29) is 56.5 Å². The molecule has 0 aromatic carbocycles. The summed E-state index contributed by atoms with van der Waals surface area (Å²) in [6, 6.07) is 0. The molecule has 0 aliphatic heterocycles. The number of unbranched alkanes of at least 4 members (excludes halogenated alkanes) is 44. The fourth-order valence-corrected chi connectivity index (χ4v) is 10.2. The van der Waals surface area contributed by atoms with Crippen molar-refractivity contribution in [2.45, 2.75) is 399 Å². The number of ether oxygens (including phenoxy) is 2. The first kappa shape index (κ1) is 77.7. The summed E-state index contributed by atoms with van der Waals surface area (Å²) < 4.78 is 11.3. The minimum absolute atomic E-state index is 0. The SMILES string of the molecule is CCCCCCCCCCCCCCC(=O)OC(CCCCCCCCCCCCCC)CCC(=O)[O-].CCCCCCCCCCCCCCC(=O)OC(CCCCCCCCCCCCCC)CCC(=O)[O-].[Zn+2]. The second-order valence-corrected chi connectivity index (χ2v) is 22.7. The number of carboxylic acids is 2. The fourth-order valence-electron chi connectivity index (χ4n) is 10.2. The summed E-state index contributed by atoms with van der Waals surface area (Å²) in [6.07, 6.45) is 64.1. The monoisotopic (exact) mass is 1110 g/mol. The zero-order valence-electron chi connectivity index (χ0n) is 50.7. The Bertz CT molecular complexity index is 1080. The molecule has 0 radical (unpaired) electrons. The van der Waals surface area contributed by atoms with Gasteiger partial charge in [0.15, 0.2) is 0 Å². The number of rotatable bonds is 60. The Kier molecular flexibility index (Phi) is 69.2. The van der Waals surface area contributed by atoms with Gasteiger partial charge in [0, 0.05) is 24.8 Å². The summed E-state index contributed by atoms with van der Waals surface area (Å²) in [4.78, 5) is 46.4. The van der Waals surface area contributed by atoms with Gasteiger partial charge in [0.05, 0.1) is 0 Å². The van der Waals surface area contributed by atoms with Crippen molar-refractivity contribution in [1.29, 1.82) is 0 Å². The summed E-state index contributed by atoms with van der Waals surface area (Å²) >= 11 is 0. The maximum absolute atomic E-state index is 12.3. The fraction of sp³-hybridized carbons (Fsp3) is 0.939. The van der Waals surface area contributed by atoms with Gasteiger partial charge in [-0.2, -0.15) is 0 Å². The van der Waals surface area contributed by atoms with Crippen LogP contribution < -0.4 is 10.2 Å². The molecule has 0 fully saturated rings. The van der Waals surface area contributed by atoms with Crippen LogP contribution in [0.5, 0.6) is 0 Å². The average molecular weight is 1110 g/mol.